The maximum absolute atomic E-state index is 12.7. The quantitative estimate of drug-likeness (QED) is 0.101. The third kappa shape index (κ3) is 7.13. The number of benzene rings is 2. The zero-order chi connectivity index (χ0) is 25.9. The number of carbonyl (C=O) groups excluding carboxylic acids is 1. The molecule has 36 heavy (non-hydrogen) atoms. The van der Waals surface area contributed by atoms with Gasteiger partial charge >= 0.3 is 0 Å². The molecule has 1 N–H and O–H groups in total. The van der Waals surface area contributed by atoms with Gasteiger partial charge in [0.05, 0.1) is 24.3 Å². The summed E-state index contributed by atoms with van der Waals surface area (Å²) >= 11 is 1.19. The highest BCUT2D eigenvalue weighted by atomic mass is 32.1. The Bertz CT molecular complexity index is 1280. The first-order valence-corrected chi connectivity index (χ1v) is 12.3. The van der Waals surface area contributed by atoms with Crippen molar-refractivity contribution in [1.82, 2.24) is 4.98 Å². The highest BCUT2D eigenvalue weighted by Gasteiger charge is 2.14. The number of unbranched alkanes of at least 4 members (excludes halogenated alkanes) is 3. The number of hydrogen-bond acceptors (Lipinski definition) is 8. The first-order valence-electron chi connectivity index (χ1n) is 11.4. The summed E-state index contributed by atoms with van der Waals surface area (Å²) in [6.45, 7) is 2.75. The fourth-order valence-electron chi connectivity index (χ4n) is 3.30. The molecular formula is C26H26N4O5S. The Kier molecular flexibility index (Phi) is 9.54. The van der Waals surface area contributed by atoms with Gasteiger partial charge in [0.1, 0.15) is 11.6 Å². The molecule has 0 atom stereocenters. The van der Waals surface area contributed by atoms with E-state index in [9.17, 15) is 20.2 Å². The van der Waals surface area contributed by atoms with Crippen molar-refractivity contribution in [3.63, 3.8) is 0 Å². The van der Waals surface area contributed by atoms with E-state index in [2.05, 4.69) is 17.2 Å². The third-order valence-corrected chi connectivity index (χ3v) is 5.98. The first-order chi connectivity index (χ1) is 17.4. The van der Waals surface area contributed by atoms with Crippen LogP contribution in [0.25, 0.3) is 17.3 Å². The molecule has 186 valence electrons. The Morgan fingerprint density at radius 1 is 1.19 bits per heavy atom. The number of hydrogen-bond donors (Lipinski definition) is 1. The van der Waals surface area contributed by atoms with Crippen molar-refractivity contribution >= 4 is 34.1 Å². The molecule has 10 heteroatoms. The number of amides is 1. The van der Waals surface area contributed by atoms with Gasteiger partial charge < -0.3 is 9.47 Å². The van der Waals surface area contributed by atoms with Crippen LogP contribution in [0.2, 0.25) is 0 Å². The number of nitrogens with one attached hydrogen (secondary N) is 1. The van der Waals surface area contributed by atoms with Gasteiger partial charge in [0.15, 0.2) is 16.6 Å². The van der Waals surface area contributed by atoms with Crippen molar-refractivity contribution in [2.45, 2.75) is 32.6 Å². The van der Waals surface area contributed by atoms with Crippen molar-refractivity contribution in [3.8, 4) is 28.8 Å². The Morgan fingerprint density at radius 3 is 2.64 bits per heavy atom. The molecule has 9 nitrogen and oxygen atoms in total. The summed E-state index contributed by atoms with van der Waals surface area (Å²) in [7, 11) is 1.54. The topological polar surface area (TPSA) is 127 Å². The predicted octanol–water partition coefficient (Wildman–Crippen LogP) is 6.23. The van der Waals surface area contributed by atoms with Crippen LogP contribution in [0.4, 0.5) is 10.8 Å². The van der Waals surface area contributed by atoms with Gasteiger partial charge in [0.25, 0.3) is 11.6 Å². The lowest BCUT2D eigenvalue weighted by atomic mass is 10.1. The molecule has 0 spiro atoms. The van der Waals surface area contributed by atoms with E-state index in [-0.39, 0.29) is 11.3 Å². The highest BCUT2D eigenvalue weighted by molar-refractivity contribution is 7.14. The lowest BCUT2D eigenvalue weighted by Gasteiger charge is -2.11. The van der Waals surface area contributed by atoms with Gasteiger partial charge in [-0.1, -0.05) is 32.3 Å². The second-order valence-electron chi connectivity index (χ2n) is 7.79. The van der Waals surface area contributed by atoms with Crippen molar-refractivity contribution in [1.29, 1.82) is 5.26 Å². The van der Waals surface area contributed by atoms with E-state index in [0.29, 0.717) is 40.1 Å². The number of carbonyl (C=O) groups is 1. The van der Waals surface area contributed by atoms with E-state index in [4.69, 9.17) is 9.47 Å². The van der Waals surface area contributed by atoms with Crippen molar-refractivity contribution in [2.75, 3.05) is 19.0 Å². The van der Waals surface area contributed by atoms with Crippen LogP contribution >= 0.6 is 11.3 Å². The lowest BCUT2D eigenvalue weighted by Crippen LogP contribution is -2.13. The molecule has 0 bridgehead atoms. The molecule has 0 radical (unpaired) electrons. The van der Waals surface area contributed by atoms with Crippen LogP contribution in [0.15, 0.2) is 53.4 Å². The van der Waals surface area contributed by atoms with E-state index in [1.54, 1.807) is 35.7 Å². The molecule has 1 aromatic heterocycles. The molecule has 0 fully saturated rings. The summed E-state index contributed by atoms with van der Waals surface area (Å²) in [5.74, 6) is 0.526. The number of aromatic nitrogens is 1. The fourth-order valence-corrected chi connectivity index (χ4v) is 4.02. The largest absolute Gasteiger partial charge is 0.493 e. The molecule has 0 saturated heterocycles. The third-order valence-electron chi connectivity index (χ3n) is 5.22. The van der Waals surface area contributed by atoms with Gasteiger partial charge in [0.2, 0.25) is 0 Å². The summed E-state index contributed by atoms with van der Waals surface area (Å²) in [4.78, 5) is 27.4. The molecule has 1 amide bonds. The summed E-state index contributed by atoms with van der Waals surface area (Å²) in [6.07, 6.45) is 5.85. The average molecular weight is 507 g/mol. The Hall–Kier alpha value is -4.23. The summed E-state index contributed by atoms with van der Waals surface area (Å²) in [5.41, 5.74) is 1.73. The zero-order valence-corrected chi connectivity index (χ0v) is 20.8. The van der Waals surface area contributed by atoms with Gasteiger partial charge in [-0.25, -0.2) is 4.98 Å². The number of thiazole rings is 1. The Labute approximate surface area is 213 Å². The van der Waals surface area contributed by atoms with Crippen molar-refractivity contribution in [3.05, 3.63) is 69.1 Å². The van der Waals surface area contributed by atoms with Crippen LogP contribution in [0.5, 0.6) is 11.5 Å². The number of rotatable bonds is 12. The number of nitro groups is 1. The van der Waals surface area contributed by atoms with Gasteiger partial charge in [-0.2, -0.15) is 5.26 Å². The molecule has 3 aromatic rings. The summed E-state index contributed by atoms with van der Waals surface area (Å²) < 4.78 is 11.2. The van der Waals surface area contributed by atoms with Crippen LogP contribution < -0.4 is 14.8 Å². The maximum Gasteiger partial charge on any atom is 0.269 e. The minimum absolute atomic E-state index is 0.0190. The van der Waals surface area contributed by atoms with Crippen molar-refractivity contribution in [2.24, 2.45) is 0 Å². The first kappa shape index (κ1) is 26.4. The van der Waals surface area contributed by atoms with Crippen LogP contribution in [-0.2, 0) is 4.79 Å². The second-order valence-corrected chi connectivity index (χ2v) is 8.64. The molecule has 0 saturated carbocycles. The van der Waals surface area contributed by atoms with Crippen molar-refractivity contribution < 1.29 is 19.2 Å². The molecule has 0 aliphatic carbocycles. The molecule has 0 aliphatic heterocycles. The molecule has 0 aliphatic rings. The SMILES string of the molecule is CCCCCCOc1ccc(/C=C(\C#N)C(=O)Nc2nc(-c3ccc([N+](=O)[O-])cc3)cs2)cc1OC. The van der Waals surface area contributed by atoms with Gasteiger partial charge in [0, 0.05) is 23.1 Å². The van der Waals surface area contributed by atoms with E-state index in [0.717, 1.165) is 19.3 Å². The Morgan fingerprint density at radius 2 is 1.97 bits per heavy atom. The van der Waals surface area contributed by atoms with Crippen LogP contribution in [0.3, 0.4) is 0 Å². The minimum atomic E-state index is -0.600. The van der Waals surface area contributed by atoms with Gasteiger partial charge in [-0.05, 0) is 42.3 Å². The monoisotopic (exact) mass is 506 g/mol. The Balaban J connectivity index is 1.67. The minimum Gasteiger partial charge on any atom is -0.493 e. The number of non-ortho nitro benzene ring substituents is 1. The molecule has 3 rings (SSSR count). The lowest BCUT2D eigenvalue weighted by molar-refractivity contribution is -0.384. The maximum atomic E-state index is 12.7. The van der Waals surface area contributed by atoms with Crippen LogP contribution in [-0.4, -0.2) is 29.5 Å². The summed E-state index contributed by atoms with van der Waals surface area (Å²) in [6, 6.07) is 13.1. The van der Waals surface area contributed by atoms with E-state index in [1.807, 2.05) is 6.07 Å². The highest BCUT2D eigenvalue weighted by Crippen LogP contribution is 2.30. The number of nitrogens with zero attached hydrogens (tertiary/aromatic N) is 3. The average Bonchev–Trinajstić information content (AvgIpc) is 3.35. The van der Waals surface area contributed by atoms with Crippen LogP contribution in [0.1, 0.15) is 38.2 Å². The molecule has 2 aromatic carbocycles. The molecule has 0 unspecified atom stereocenters. The standard InChI is InChI=1S/C26H26N4O5S/c1-3-4-5-6-13-35-23-12-7-18(15-24(23)34-2)14-20(16-27)25(31)29-26-28-22(17-36-26)19-8-10-21(11-9-19)30(32)33/h7-12,14-15,17H,3-6,13H2,1-2H3,(H,28,29,31)/b20-14+. The van der Waals surface area contributed by atoms with E-state index < -0.39 is 10.8 Å². The number of anilines is 1. The molecule has 1 heterocycles. The summed E-state index contributed by atoms with van der Waals surface area (Å²) in [5, 5.41) is 25.0. The number of ether oxygens (including phenoxy) is 2. The van der Waals surface area contributed by atoms with E-state index >= 15 is 0 Å². The second kappa shape index (κ2) is 13.0. The fraction of sp³-hybridized carbons (Fsp3) is 0.269. The molecular weight excluding hydrogens is 480 g/mol. The van der Waals surface area contributed by atoms with Gasteiger partial charge in [-0.15, -0.1) is 11.3 Å². The van der Waals surface area contributed by atoms with Crippen LogP contribution in [0, 0.1) is 21.4 Å². The zero-order valence-electron chi connectivity index (χ0n) is 20.0. The predicted molar refractivity (Wildman–Crippen MR) is 139 cm³/mol. The number of nitro benzene ring substituents is 1. The number of methoxy groups -OCH3 is 1. The smallest absolute Gasteiger partial charge is 0.269 e. The van der Waals surface area contributed by atoms with E-state index in [1.165, 1.54) is 43.1 Å². The number of nitriles is 1. The van der Waals surface area contributed by atoms with Gasteiger partial charge in [-0.3, -0.25) is 20.2 Å². The normalized spacial score (nSPS) is 11.0.